The number of piperidine rings is 1. The van der Waals surface area contributed by atoms with Crippen LogP contribution in [-0.4, -0.2) is 96.5 Å². The molecular formula is C34H40N6O9S5. The smallest absolute Gasteiger partial charge is 0.265 e. The first-order chi connectivity index (χ1) is 25.6. The van der Waals surface area contributed by atoms with Gasteiger partial charge in [-0.1, -0.05) is 6.92 Å². The van der Waals surface area contributed by atoms with Crippen LogP contribution in [0.5, 0.6) is 0 Å². The summed E-state index contributed by atoms with van der Waals surface area (Å²) in [5.41, 5.74) is 2.80. The molecule has 3 saturated heterocycles. The Kier molecular flexibility index (Phi) is 12.2. The predicted molar refractivity (Wildman–Crippen MR) is 206 cm³/mol. The summed E-state index contributed by atoms with van der Waals surface area (Å²) in [6.07, 6.45) is 6.22. The maximum Gasteiger partial charge on any atom is 0.265 e. The van der Waals surface area contributed by atoms with Gasteiger partial charge in [-0.15, -0.1) is 22.7 Å². The maximum atomic E-state index is 12.9. The zero-order chi connectivity index (χ0) is 38.7. The molecular weight excluding hydrogens is 797 g/mol. The number of nitrogens with zero attached hydrogens (tertiary/aromatic N) is 5. The van der Waals surface area contributed by atoms with Crippen molar-refractivity contribution in [1.82, 2.24) is 14.9 Å². The molecule has 0 spiro atoms. The first kappa shape index (κ1) is 39.9. The highest BCUT2D eigenvalue weighted by molar-refractivity contribution is 7.93. The Bertz CT molecular complexity index is 2240. The Balaban J connectivity index is 0.000000185. The van der Waals surface area contributed by atoms with Crippen LogP contribution >= 0.6 is 22.7 Å². The summed E-state index contributed by atoms with van der Waals surface area (Å²) in [4.78, 5) is 38.8. The molecule has 2 atom stereocenters. The van der Waals surface area contributed by atoms with Crippen molar-refractivity contribution in [3.63, 3.8) is 0 Å². The van der Waals surface area contributed by atoms with E-state index in [-0.39, 0.29) is 33.9 Å². The number of nitrogens with one attached hydrogen (secondary N) is 1. The summed E-state index contributed by atoms with van der Waals surface area (Å²) in [7, 11) is -10.9. The van der Waals surface area contributed by atoms with Gasteiger partial charge in [0.15, 0.2) is 15.9 Å². The lowest BCUT2D eigenvalue weighted by atomic mass is 9.97. The number of anilines is 3. The molecule has 0 radical (unpaired) electrons. The summed E-state index contributed by atoms with van der Waals surface area (Å²) < 4.78 is 79.4. The van der Waals surface area contributed by atoms with Crippen LogP contribution < -0.4 is 14.5 Å². The molecule has 2 amide bonds. The molecule has 1 N–H and O–H groups in total. The Morgan fingerprint density at radius 3 is 1.98 bits per heavy atom. The van der Waals surface area contributed by atoms with Gasteiger partial charge in [0.25, 0.3) is 26.0 Å². The van der Waals surface area contributed by atoms with Gasteiger partial charge in [0.1, 0.15) is 15.8 Å². The fourth-order valence-electron chi connectivity index (χ4n) is 6.48. The predicted octanol–water partition coefficient (Wildman–Crippen LogP) is 3.98. The van der Waals surface area contributed by atoms with Crippen molar-refractivity contribution in [1.29, 1.82) is 0 Å². The molecule has 0 aliphatic carbocycles. The minimum atomic E-state index is -3.73. The average molecular weight is 837 g/mol. The van der Waals surface area contributed by atoms with Crippen molar-refractivity contribution in [3.05, 3.63) is 76.8 Å². The van der Waals surface area contributed by atoms with E-state index in [9.17, 15) is 34.8 Å². The number of thiazole rings is 2. The highest BCUT2D eigenvalue weighted by Gasteiger charge is 2.38. The molecule has 3 aliphatic rings. The summed E-state index contributed by atoms with van der Waals surface area (Å²) in [5.74, 6) is 0.204. The fraction of sp³-hybridized carbons (Fsp3) is 0.412. The molecule has 7 rings (SSSR count). The first-order valence-electron chi connectivity index (χ1n) is 17.1. The molecule has 15 nitrogen and oxygen atoms in total. The Morgan fingerprint density at radius 2 is 1.41 bits per heavy atom. The lowest BCUT2D eigenvalue weighted by molar-refractivity contribution is -0.123. The minimum absolute atomic E-state index is 0.0519. The van der Waals surface area contributed by atoms with Crippen LogP contribution in [0.25, 0.3) is 0 Å². The van der Waals surface area contributed by atoms with Crippen LogP contribution in [-0.2, 0) is 49.5 Å². The van der Waals surface area contributed by atoms with E-state index < -0.39 is 42.0 Å². The molecule has 20 heteroatoms. The molecule has 2 aromatic heterocycles. The van der Waals surface area contributed by atoms with Crippen molar-refractivity contribution in [2.75, 3.05) is 47.0 Å². The summed E-state index contributed by atoms with van der Waals surface area (Å²) in [6, 6.07) is 12.4. The van der Waals surface area contributed by atoms with E-state index in [0.717, 1.165) is 50.2 Å². The normalized spacial score (nSPS) is 20.3. The molecule has 0 saturated carbocycles. The highest BCUT2D eigenvalue weighted by atomic mass is 32.2. The van der Waals surface area contributed by atoms with Gasteiger partial charge in [0.2, 0.25) is 5.91 Å². The maximum absolute atomic E-state index is 12.9. The van der Waals surface area contributed by atoms with Crippen molar-refractivity contribution in [2.45, 2.75) is 60.3 Å². The standard InChI is InChI=1S/C19H24N4O3S2.C15H16N2O6S3/c1-14-6-9-22(10-7-14)17-8-11-23(19(17)24)15-2-4-16(5-3-15)28(25,26)21-18-12-20-13-27-18;1-25(19,20)23-13-6-8-17(15(13)18)11-2-4-12(5-3-11)26(21,22)10-14-16-7-9-24-14/h2-5,12-14,17,21H,6-11H2,1H3;2-5,7,9,13H,6,8,10H2,1H3/t17-;13-/m01/s1. The number of rotatable bonds is 11. The van der Waals surface area contributed by atoms with E-state index in [1.165, 1.54) is 58.0 Å². The van der Waals surface area contributed by atoms with Gasteiger partial charge in [0.05, 0.1) is 33.8 Å². The van der Waals surface area contributed by atoms with Crippen molar-refractivity contribution >= 4 is 80.8 Å². The number of sulfonamides is 1. The van der Waals surface area contributed by atoms with E-state index in [0.29, 0.717) is 28.8 Å². The molecule has 0 unspecified atom stereocenters. The molecule has 4 aromatic rings. The average Bonchev–Trinajstić information content (AvgIpc) is 3.96. The van der Waals surface area contributed by atoms with Gasteiger partial charge in [0, 0.05) is 42.5 Å². The molecule has 3 aliphatic heterocycles. The molecule has 3 fully saturated rings. The number of carbonyl (C=O) groups is 2. The van der Waals surface area contributed by atoms with E-state index in [1.54, 1.807) is 46.3 Å². The Morgan fingerprint density at radius 1 is 0.796 bits per heavy atom. The van der Waals surface area contributed by atoms with E-state index in [4.69, 9.17) is 4.18 Å². The van der Waals surface area contributed by atoms with Gasteiger partial charge in [-0.3, -0.25) is 28.4 Å². The minimum Gasteiger partial charge on any atom is -0.311 e. The quantitative estimate of drug-likeness (QED) is 0.214. The Labute approximate surface area is 323 Å². The zero-order valence-electron chi connectivity index (χ0n) is 29.5. The molecule has 0 bridgehead atoms. The van der Waals surface area contributed by atoms with Crippen molar-refractivity contribution < 1.29 is 39.0 Å². The SMILES string of the molecule is CC1CCN([C@H]2CCN(c3ccc(S(=O)(=O)Nc4cncs4)cc3)C2=O)CC1.CS(=O)(=O)O[C@@H]1CCN(c2ccc(S(=O)(=O)Cc3nccs3)cc2)C1=O. The molecule has 54 heavy (non-hydrogen) atoms. The number of sulfone groups is 1. The van der Waals surface area contributed by atoms with Crippen LogP contribution in [0.3, 0.4) is 0 Å². The van der Waals surface area contributed by atoms with Gasteiger partial charge in [-0.2, -0.15) is 8.42 Å². The third kappa shape index (κ3) is 9.71. The van der Waals surface area contributed by atoms with Crippen LogP contribution in [0.1, 0.15) is 37.6 Å². The van der Waals surface area contributed by atoms with Gasteiger partial charge in [-0.25, -0.2) is 21.8 Å². The van der Waals surface area contributed by atoms with Gasteiger partial charge >= 0.3 is 0 Å². The highest BCUT2D eigenvalue weighted by Crippen LogP contribution is 2.30. The van der Waals surface area contributed by atoms with E-state index in [1.807, 2.05) is 0 Å². The monoisotopic (exact) mass is 836 g/mol. The second-order valence-electron chi connectivity index (χ2n) is 13.2. The third-order valence-electron chi connectivity index (χ3n) is 9.31. The van der Waals surface area contributed by atoms with E-state index in [2.05, 4.69) is 26.5 Å². The number of hydrogen-bond acceptors (Lipinski definition) is 14. The second kappa shape index (κ2) is 16.5. The van der Waals surface area contributed by atoms with Gasteiger partial charge in [-0.05, 0) is 86.8 Å². The van der Waals surface area contributed by atoms with E-state index >= 15 is 0 Å². The molecule has 290 valence electrons. The van der Waals surface area contributed by atoms with Crippen LogP contribution in [0.4, 0.5) is 16.4 Å². The second-order valence-corrected chi connectivity index (χ2v) is 20.4. The topological polar surface area (TPSA) is 193 Å². The van der Waals surface area contributed by atoms with Crippen LogP contribution in [0.2, 0.25) is 0 Å². The number of benzene rings is 2. The zero-order valence-corrected chi connectivity index (χ0v) is 33.6. The number of aromatic nitrogens is 2. The molecule has 2 aromatic carbocycles. The summed E-state index contributed by atoms with van der Waals surface area (Å²) >= 11 is 2.49. The number of carbonyl (C=O) groups excluding carboxylic acids is 2. The van der Waals surface area contributed by atoms with Gasteiger partial charge < -0.3 is 9.80 Å². The van der Waals surface area contributed by atoms with Crippen LogP contribution in [0.15, 0.2) is 81.6 Å². The fourth-order valence-corrected chi connectivity index (χ4v) is 11.1. The van der Waals surface area contributed by atoms with Crippen LogP contribution in [0, 0.1) is 5.92 Å². The third-order valence-corrected chi connectivity index (χ3v) is 14.7. The van der Waals surface area contributed by atoms with Crippen molar-refractivity contribution in [2.24, 2.45) is 5.92 Å². The molecule has 5 heterocycles. The largest absolute Gasteiger partial charge is 0.311 e. The number of hydrogen-bond donors (Lipinski definition) is 1. The summed E-state index contributed by atoms with van der Waals surface area (Å²) in [6.45, 7) is 5.18. The van der Waals surface area contributed by atoms with Crippen molar-refractivity contribution in [3.8, 4) is 0 Å². The first-order valence-corrected chi connectivity index (χ1v) is 23.8. The summed E-state index contributed by atoms with van der Waals surface area (Å²) in [5, 5.41) is 2.68. The Hall–Kier alpha value is -3.79. The lowest BCUT2D eigenvalue weighted by Gasteiger charge is -2.33. The lowest BCUT2D eigenvalue weighted by Crippen LogP contribution is -2.45. The number of amides is 2. The number of likely N-dealkylation sites (tertiary alicyclic amines) is 1.